The fourth-order valence-electron chi connectivity index (χ4n) is 2.13. The lowest BCUT2D eigenvalue weighted by Gasteiger charge is -2.07. The van der Waals surface area contributed by atoms with Crippen LogP contribution >= 0.6 is 15.9 Å². The predicted octanol–water partition coefficient (Wildman–Crippen LogP) is 3.00. The number of nitrogens with zero attached hydrogens (tertiary/aromatic N) is 4. The Balaban J connectivity index is 2.02. The molecule has 0 saturated carbocycles. The van der Waals surface area contributed by atoms with Gasteiger partial charge in [-0.05, 0) is 34.3 Å². The van der Waals surface area contributed by atoms with Crippen LogP contribution in [0.5, 0.6) is 0 Å². The molecule has 2 aromatic rings. The van der Waals surface area contributed by atoms with Crippen LogP contribution in [0.3, 0.4) is 0 Å². The average Bonchev–Trinajstić information content (AvgIpc) is 2.71. The van der Waals surface area contributed by atoms with Crippen LogP contribution < -0.4 is 5.73 Å². The molecule has 3 rings (SSSR count). The summed E-state index contributed by atoms with van der Waals surface area (Å²) in [5, 5.41) is 0. The summed E-state index contributed by atoms with van der Waals surface area (Å²) < 4.78 is 2.69. The number of nitrogens with two attached hydrogens (primary N) is 1. The van der Waals surface area contributed by atoms with Crippen LogP contribution in [0.15, 0.2) is 47.0 Å². The zero-order valence-corrected chi connectivity index (χ0v) is 12.4. The summed E-state index contributed by atoms with van der Waals surface area (Å²) in [5.41, 5.74) is 8.39. The Morgan fingerprint density at radius 3 is 3.00 bits per heavy atom. The third-order valence-corrected chi connectivity index (χ3v) is 3.74. The van der Waals surface area contributed by atoms with Gasteiger partial charge < -0.3 is 5.73 Å². The molecule has 20 heavy (non-hydrogen) atoms. The maximum Gasteiger partial charge on any atom is 0.179 e. The van der Waals surface area contributed by atoms with Crippen LogP contribution in [0.2, 0.25) is 0 Å². The Morgan fingerprint density at radius 2 is 2.10 bits per heavy atom. The summed E-state index contributed by atoms with van der Waals surface area (Å²) in [6.07, 6.45) is 14.3. The number of imidazole rings is 1. The largest absolute Gasteiger partial charge is 0.382 e. The Kier molecular flexibility index (Phi) is 3.64. The number of fused-ring (bicyclic) bond motifs is 1. The van der Waals surface area contributed by atoms with Crippen molar-refractivity contribution in [2.24, 2.45) is 0 Å². The van der Waals surface area contributed by atoms with E-state index < -0.39 is 0 Å². The molecule has 0 bridgehead atoms. The third kappa shape index (κ3) is 2.51. The molecule has 0 aromatic carbocycles. The number of aromatic nitrogens is 4. The van der Waals surface area contributed by atoms with Crippen LogP contribution in [0.25, 0.3) is 11.2 Å². The van der Waals surface area contributed by atoms with Crippen molar-refractivity contribution in [2.45, 2.75) is 19.4 Å². The van der Waals surface area contributed by atoms with Crippen molar-refractivity contribution in [1.29, 1.82) is 0 Å². The molecule has 2 N–H and O–H groups in total. The predicted molar refractivity (Wildman–Crippen MR) is 83.0 cm³/mol. The fraction of sp³-hybridized carbons (Fsp3) is 0.214. The van der Waals surface area contributed by atoms with Gasteiger partial charge in [0.2, 0.25) is 0 Å². The molecular weight excluding hydrogens is 318 g/mol. The summed E-state index contributed by atoms with van der Waals surface area (Å²) in [7, 11) is 0. The lowest BCUT2D eigenvalue weighted by Crippen LogP contribution is -2.02. The molecule has 0 amide bonds. The quantitative estimate of drug-likeness (QED) is 0.859. The highest BCUT2D eigenvalue weighted by Crippen LogP contribution is 2.23. The van der Waals surface area contributed by atoms with Crippen LogP contribution in [0.1, 0.15) is 12.8 Å². The van der Waals surface area contributed by atoms with Crippen molar-refractivity contribution >= 4 is 32.9 Å². The smallest absolute Gasteiger partial charge is 0.179 e. The number of anilines is 1. The first-order valence-corrected chi connectivity index (χ1v) is 7.19. The number of rotatable bonds is 2. The van der Waals surface area contributed by atoms with E-state index in [4.69, 9.17) is 5.73 Å². The van der Waals surface area contributed by atoms with Gasteiger partial charge in [0.15, 0.2) is 21.7 Å². The van der Waals surface area contributed by atoms with Gasteiger partial charge in [0.1, 0.15) is 6.33 Å². The first-order valence-electron chi connectivity index (χ1n) is 6.40. The monoisotopic (exact) mass is 331 g/mol. The molecule has 0 atom stereocenters. The summed E-state index contributed by atoms with van der Waals surface area (Å²) in [6, 6.07) is 0. The molecule has 0 aliphatic heterocycles. The maximum absolute atomic E-state index is 5.83. The first-order chi connectivity index (χ1) is 9.75. The lowest BCUT2D eigenvalue weighted by molar-refractivity contribution is 0.788. The van der Waals surface area contributed by atoms with Gasteiger partial charge >= 0.3 is 0 Å². The second kappa shape index (κ2) is 5.58. The standard InChI is InChI=1S/C14H14BrN5/c15-14-19-11-12(16)17-9-18-13(11)20(14)8-10-6-4-2-1-3-5-7-10/h2,4-7,9H,1,3,8H2,(H2,16,17,18)/b4-2-,7-5-,10-6+. The lowest BCUT2D eigenvalue weighted by atomic mass is 10.1. The van der Waals surface area contributed by atoms with Gasteiger partial charge in [0.25, 0.3) is 0 Å². The number of allylic oxidation sites excluding steroid dienone is 6. The van der Waals surface area contributed by atoms with Crippen molar-refractivity contribution in [3.8, 4) is 0 Å². The summed E-state index contributed by atoms with van der Waals surface area (Å²) in [4.78, 5) is 12.6. The minimum Gasteiger partial charge on any atom is -0.382 e. The average molecular weight is 332 g/mol. The Hall–Kier alpha value is -1.95. The van der Waals surface area contributed by atoms with E-state index in [1.54, 1.807) is 0 Å². The highest BCUT2D eigenvalue weighted by atomic mass is 79.9. The van der Waals surface area contributed by atoms with Crippen molar-refractivity contribution in [1.82, 2.24) is 19.5 Å². The summed E-state index contributed by atoms with van der Waals surface area (Å²) in [5.74, 6) is 0.400. The highest BCUT2D eigenvalue weighted by Gasteiger charge is 2.13. The Labute approximate surface area is 125 Å². The molecular formula is C14H14BrN5. The van der Waals surface area contributed by atoms with Crippen molar-refractivity contribution in [3.63, 3.8) is 0 Å². The third-order valence-electron chi connectivity index (χ3n) is 3.13. The SMILES string of the molecule is Nc1ncnc2c1nc(Br)n2CC1=C/C=C\CC/C=C\1. The molecule has 6 heteroatoms. The topological polar surface area (TPSA) is 69.6 Å². The van der Waals surface area contributed by atoms with E-state index in [0.29, 0.717) is 22.6 Å². The van der Waals surface area contributed by atoms with Crippen LogP contribution in [0.4, 0.5) is 5.82 Å². The molecule has 5 nitrogen and oxygen atoms in total. The Morgan fingerprint density at radius 1 is 1.25 bits per heavy atom. The molecule has 1 aliphatic rings. The Bertz CT molecular complexity index is 726. The number of nitrogen functional groups attached to an aromatic ring is 1. The molecule has 0 radical (unpaired) electrons. The van der Waals surface area contributed by atoms with E-state index in [-0.39, 0.29) is 0 Å². The molecule has 0 saturated heterocycles. The second-order valence-corrected chi connectivity index (χ2v) is 5.26. The van der Waals surface area contributed by atoms with Crippen molar-refractivity contribution in [2.75, 3.05) is 5.73 Å². The van der Waals surface area contributed by atoms with Gasteiger partial charge in [-0.15, -0.1) is 0 Å². The molecule has 102 valence electrons. The van der Waals surface area contributed by atoms with Crippen molar-refractivity contribution in [3.05, 3.63) is 47.0 Å². The molecule has 0 unspecified atom stereocenters. The zero-order chi connectivity index (χ0) is 13.9. The molecule has 2 aromatic heterocycles. The fourth-order valence-corrected chi connectivity index (χ4v) is 2.60. The molecule has 2 heterocycles. The van der Waals surface area contributed by atoms with E-state index in [1.165, 1.54) is 11.9 Å². The van der Waals surface area contributed by atoms with E-state index in [2.05, 4.69) is 61.3 Å². The van der Waals surface area contributed by atoms with E-state index in [9.17, 15) is 0 Å². The van der Waals surface area contributed by atoms with Crippen molar-refractivity contribution < 1.29 is 0 Å². The molecule has 0 fully saturated rings. The number of halogens is 1. The van der Waals surface area contributed by atoms with E-state index in [0.717, 1.165) is 18.5 Å². The van der Waals surface area contributed by atoms with Gasteiger partial charge in [-0.1, -0.05) is 30.4 Å². The van der Waals surface area contributed by atoms with Gasteiger partial charge in [0, 0.05) is 0 Å². The summed E-state index contributed by atoms with van der Waals surface area (Å²) in [6.45, 7) is 0.689. The number of hydrogen-bond acceptors (Lipinski definition) is 4. The maximum atomic E-state index is 5.83. The van der Waals surface area contributed by atoms with Crippen LogP contribution in [0, 0.1) is 0 Å². The molecule has 0 spiro atoms. The molecule has 1 aliphatic carbocycles. The van der Waals surface area contributed by atoms with Gasteiger partial charge in [0.05, 0.1) is 6.54 Å². The van der Waals surface area contributed by atoms with Crippen LogP contribution in [-0.2, 0) is 6.54 Å². The first kappa shape index (κ1) is 13.1. The van der Waals surface area contributed by atoms with E-state index >= 15 is 0 Å². The second-order valence-electron chi connectivity index (χ2n) is 4.55. The number of hydrogen-bond donors (Lipinski definition) is 1. The summed E-state index contributed by atoms with van der Waals surface area (Å²) >= 11 is 3.46. The highest BCUT2D eigenvalue weighted by molar-refractivity contribution is 9.10. The minimum absolute atomic E-state index is 0.400. The van der Waals surface area contributed by atoms with E-state index in [1.807, 2.05) is 4.57 Å². The van der Waals surface area contributed by atoms with Crippen LogP contribution in [-0.4, -0.2) is 19.5 Å². The van der Waals surface area contributed by atoms with Gasteiger partial charge in [-0.3, -0.25) is 4.57 Å². The van der Waals surface area contributed by atoms with Gasteiger partial charge in [-0.25, -0.2) is 15.0 Å². The normalized spacial score (nSPS) is 20.9. The zero-order valence-electron chi connectivity index (χ0n) is 10.8. The minimum atomic E-state index is 0.400. The van der Waals surface area contributed by atoms with Gasteiger partial charge in [-0.2, -0.15) is 0 Å².